The Bertz CT molecular complexity index is 914. The molecule has 1 amide bonds. The van der Waals surface area contributed by atoms with E-state index in [2.05, 4.69) is 15.3 Å². The van der Waals surface area contributed by atoms with E-state index < -0.39 is 25.0 Å². The number of aliphatic hydroxyl groups excluding tert-OH is 1. The van der Waals surface area contributed by atoms with Gasteiger partial charge in [-0.05, 0) is 24.1 Å². The summed E-state index contributed by atoms with van der Waals surface area (Å²) in [5.41, 5.74) is 2.16. The molecule has 0 radical (unpaired) electrons. The standard InChI is InChI=1S/C19H19F2N3O3/c20-17(21)11-27-18-8-12(5-6-22-18)19(26)24-14(10-25)7-13-9-23-16-4-2-1-3-15(13)16/h1-6,8-9,14,17,23,25H,7,10-11H2,(H,24,26). The van der Waals surface area contributed by atoms with Crippen molar-refractivity contribution in [3.8, 4) is 5.88 Å². The number of nitrogens with one attached hydrogen (secondary N) is 2. The molecule has 2 aromatic heterocycles. The summed E-state index contributed by atoms with van der Waals surface area (Å²) in [5, 5.41) is 13.4. The average Bonchev–Trinajstić information content (AvgIpc) is 3.09. The minimum Gasteiger partial charge on any atom is -0.472 e. The van der Waals surface area contributed by atoms with Crippen LogP contribution in [0.3, 0.4) is 0 Å². The third-order valence-electron chi connectivity index (χ3n) is 4.05. The molecule has 1 atom stereocenters. The zero-order valence-electron chi connectivity index (χ0n) is 14.4. The number of pyridine rings is 1. The highest BCUT2D eigenvalue weighted by Gasteiger charge is 2.16. The first-order valence-electron chi connectivity index (χ1n) is 8.40. The van der Waals surface area contributed by atoms with Crippen LogP contribution in [-0.4, -0.2) is 46.7 Å². The van der Waals surface area contributed by atoms with Crippen molar-refractivity contribution in [2.45, 2.75) is 18.9 Å². The Morgan fingerprint density at radius 2 is 2.11 bits per heavy atom. The molecule has 0 aliphatic rings. The molecule has 8 heteroatoms. The van der Waals surface area contributed by atoms with Gasteiger partial charge >= 0.3 is 0 Å². The monoisotopic (exact) mass is 375 g/mol. The first-order chi connectivity index (χ1) is 13.1. The van der Waals surface area contributed by atoms with Crippen LogP contribution < -0.4 is 10.1 Å². The minimum absolute atomic E-state index is 0.0554. The van der Waals surface area contributed by atoms with Crippen LogP contribution in [0.1, 0.15) is 15.9 Å². The summed E-state index contributed by atoms with van der Waals surface area (Å²) in [6, 6.07) is 9.99. The number of hydrogen-bond donors (Lipinski definition) is 3. The number of nitrogens with zero attached hydrogens (tertiary/aromatic N) is 1. The van der Waals surface area contributed by atoms with E-state index in [1.807, 2.05) is 30.5 Å². The first-order valence-corrected chi connectivity index (χ1v) is 8.40. The van der Waals surface area contributed by atoms with Gasteiger partial charge < -0.3 is 20.1 Å². The molecule has 0 fully saturated rings. The highest BCUT2D eigenvalue weighted by Crippen LogP contribution is 2.19. The van der Waals surface area contributed by atoms with Gasteiger partial charge in [0.05, 0.1) is 12.6 Å². The van der Waals surface area contributed by atoms with Gasteiger partial charge in [-0.25, -0.2) is 13.8 Å². The number of amides is 1. The second-order valence-corrected chi connectivity index (χ2v) is 6.00. The molecule has 6 nitrogen and oxygen atoms in total. The highest BCUT2D eigenvalue weighted by atomic mass is 19.3. The number of alkyl halides is 2. The van der Waals surface area contributed by atoms with Gasteiger partial charge in [0.1, 0.15) is 0 Å². The van der Waals surface area contributed by atoms with E-state index in [1.54, 1.807) is 0 Å². The van der Waals surface area contributed by atoms with E-state index in [-0.39, 0.29) is 18.1 Å². The average molecular weight is 375 g/mol. The third kappa shape index (κ3) is 4.79. The van der Waals surface area contributed by atoms with Gasteiger partial charge in [0, 0.05) is 34.9 Å². The fourth-order valence-corrected chi connectivity index (χ4v) is 2.77. The van der Waals surface area contributed by atoms with Crippen molar-refractivity contribution in [2.24, 2.45) is 0 Å². The summed E-state index contributed by atoms with van der Waals surface area (Å²) < 4.78 is 29.3. The van der Waals surface area contributed by atoms with Gasteiger partial charge in [0.2, 0.25) is 5.88 Å². The molecule has 142 valence electrons. The molecule has 0 saturated carbocycles. The molecule has 0 spiro atoms. The summed E-state index contributed by atoms with van der Waals surface area (Å²) in [6.45, 7) is -1.04. The molecule has 1 unspecified atom stereocenters. The molecule has 1 aromatic carbocycles. The van der Waals surface area contributed by atoms with Crippen LogP contribution in [0.25, 0.3) is 10.9 Å². The van der Waals surface area contributed by atoms with E-state index in [0.29, 0.717) is 6.42 Å². The normalized spacial score (nSPS) is 12.3. The number of H-pyrrole nitrogens is 1. The lowest BCUT2D eigenvalue weighted by Crippen LogP contribution is -2.39. The van der Waals surface area contributed by atoms with Gasteiger partial charge in [-0.3, -0.25) is 4.79 Å². The quantitative estimate of drug-likeness (QED) is 0.565. The summed E-state index contributed by atoms with van der Waals surface area (Å²) in [6.07, 6.45) is 0.969. The Morgan fingerprint density at radius 1 is 1.30 bits per heavy atom. The van der Waals surface area contributed by atoms with Crippen LogP contribution in [0.4, 0.5) is 8.78 Å². The van der Waals surface area contributed by atoms with Crippen LogP contribution in [0.5, 0.6) is 5.88 Å². The Morgan fingerprint density at radius 3 is 2.89 bits per heavy atom. The molecule has 27 heavy (non-hydrogen) atoms. The van der Waals surface area contributed by atoms with E-state index in [4.69, 9.17) is 4.74 Å². The third-order valence-corrected chi connectivity index (χ3v) is 4.05. The lowest BCUT2D eigenvalue weighted by Gasteiger charge is -2.16. The van der Waals surface area contributed by atoms with Gasteiger partial charge in [-0.15, -0.1) is 0 Å². The van der Waals surface area contributed by atoms with Crippen LogP contribution in [0.2, 0.25) is 0 Å². The number of halogens is 2. The largest absolute Gasteiger partial charge is 0.472 e. The fraction of sp³-hybridized carbons (Fsp3) is 0.263. The zero-order valence-corrected chi connectivity index (χ0v) is 14.4. The molecule has 0 aliphatic heterocycles. The number of rotatable bonds is 8. The van der Waals surface area contributed by atoms with E-state index in [1.165, 1.54) is 18.3 Å². The van der Waals surface area contributed by atoms with Crippen molar-refractivity contribution >= 4 is 16.8 Å². The van der Waals surface area contributed by atoms with Crippen molar-refractivity contribution < 1.29 is 23.4 Å². The Labute approximate surface area is 154 Å². The van der Waals surface area contributed by atoms with Crippen molar-refractivity contribution in [1.29, 1.82) is 0 Å². The number of carbonyl (C=O) groups excluding carboxylic acids is 1. The number of para-hydroxylation sites is 1. The topological polar surface area (TPSA) is 87.2 Å². The Kier molecular flexibility index (Phi) is 5.97. The zero-order chi connectivity index (χ0) is 19.2. The van der Waals surface area contributed by atoms with Crippen LogP contribution >= 0.6 is 0 Å². The predicted octanol–water partition coefficient (Wildman–Crippen LogP) is 2.54. The number of carbonyl (C=O) groups is 1. The molecule has 0 bridgehead atoms. The minimum atomic E-state index is -2.63. The number of hydrogen-bond acceptors (Lipinski definition) is 4. The molecule has 2 heterocycles. The number of fused-ring (bicyclic) bond motifs is 1. The second kappa shape index (κ2) is 8.59. The molecule has 3 N–H and O–H groups in total. The van der Waals surface area contributed by atoms with Crippen molar-refractivity contribution in [3.63, 3.8) is 0 Å². The maximum atomic E-state index is 12.4. The maximum Gasteiger partial charge on any atom is 0.272 e. The molecule has 0 saturated heterocycles. The smallest absolute Gasteiger partial charge is 0.272 e. The van der Waals surface area contributed by atoms with Crippen molar-refractivity contribution in [2.75, 3.05) is 13.2 Å². The lowest BCUT2D eigenvalue weighted by molar-refractivity contribution is 0.0794. The van der Waals surface area contributed by atoms with Gasteiger partial charge in [0.15, 0.2) is 6.61 Å². The summed E-state index contributed by atoms with van der Waals surface area (Å²) in [7, 11) is 0. The lowest BCUT2D eigenvalue weighted by atomic mass is 10.0. The van der Waals surface area contributed by atoms with Crippen molar-refractivity contribution in [3.05, 3.63) is 59.9 Å². The molecule has 3 rings (SSSR count). The fourth-order valence-electron chi connectivity index (χ4n) is 2.77. The summed E-state index contributed by atoms with van der Waals surface area (Å²) in [4.78, 5) is 19.4. The Balaban J connectivity index is 1.67. The van der Waals surface area contributed by atoms with Gasteiger partial charge in [0.25, 0.3) is 12.3 Å². The highest BCUT2D eigenvalue weighted by molar-refractivity contribution is 5.94. The number of aromatic nitrogens is 2. The number of benzene rings is 1. The number of aliphatic hydroxyl groups is 1. The summed E-state index contributed by atoms with van der Waals surface area (Å²) in [5.74, 6) is -0.502. The Hall–Kier alpha value is -3.00. The van der Waals surface area contributed by atoms with Crippen LogP contribution in [-0.2, 0) is 6.42 Å². The second-order valence-electron chi connectivity index (χ2n) is 6.00. The van der Waals surface area contributed by atoms with E-state index >= 15 is 0 Å². The molecular formula is C19H19F2N3O3. The van der Waals surface area contributed by atoms with Crippen LogP contribution in [0, 0.1) is 0 Å². The van der Waals surface area contributed by atoms with Crippen molar-refractivity contribution in [1.82, 2.24) is 15.3 Å². The van der Waals surface area contributed by atoms with E-state index in [0.717, 1.165) is 16.5 Å². The number of ether oxygens (including phenoxy) is 1. The maximum absolute atomic E-state index is 12.4. The SMILES string of the molecule is O=C(NC(CO)Cc1c[nH]c2ccccc12)c1ccnc(OCC(F)F)c1. The molecule has 3 aromatic rings. The van der Waals surface area contributed by atoms with E-state index in [9.17, 15) is 18.7 Å². The van der Waals surface area contributed by atoms with Gasteiger partial charge in [-0.1, -0.05) is 18.2 Å². The molecular weight excluding hydrogens is 356 g/mol. The van der Waals surface area contributed by atoms with Crippen LogP contribution in [0.15, 0.2) is 48.8 Å². The number of aromatic amines is 1. The molecule has 0 aliphatic carbocycles. The predicted molar refractivity (Wildman–Crippen MR) is 96.1 cm³/mol. The van der Waals surface area contributed by atoms with Gasteiger partial charge in [-0.2, -0.15) is 0 Å². The summed E-state index contributed by atoms with van der Waals surface area (Å²) >= 11 is 0. The first kappa shape index (κ1) is 18.8.